The number of methoxy groups -OCH3 is 2. The fraction of sp³-hybridized carbons (Fsp3) is 0.179. The van der Waals surface area contributed by atoms with Crippen LogP contribution in [0.1, 0.15) is 24.1 Å². The molecule has 5 rings (SSSR count). The van der Waals surface area contributed by atoms with Gasteiger partial charge in [-0.25, -0.2) is 4.98 Å². The van der Waals surface area contributed by atoms with Crippen LogP contribution in [0.5, 0.6) is 17.2 Å². The van der Waals surface area contributed by atoms with Crippen molar-refractivity contribution in [1.29, 1.82) is 0 Å². The van der Waals surface area contributed by atoms with Crippen LogP contribution in [0.2, 0.25) is 0 Å². The fourth-order valence-corrected chi connectivity index (χ4v) is 5.31. The Bertz CT molecular complexity index is 1510. The van der Waals surface area contributed by atoms with Gasteiger partial charge < -0.3 is 19.3 Å². The van der Waals surface area contributed by atoms with Crippen molar-refractivity contribution < 1.29 is 28.9 Å². The summed E-state index contributed by atoms with van der Waals surface area (Å²) >= 11 is 1.28. The molecule has 1 aromatic heterocycles. The Morgan fingerprint density at radius 2 is 1.57 bits per heavy atom. The highest BCUT2D eigenvalue weighted by molar-refractivity contribution is 7.22. The van der Waals surface area contributed by atoms with Gasteiger partial charge in [0.25, 0.3) is 5.78 Å². The molecule has 1 N–H and O–H groups in total. The molecule has 0 saturated carbocycles. The van der Waals surface area contributed by atoms with Crippen LogP contribution in [-0.4, -0.2) is 42.6 Å². The number of rotatable bonds is 7. The first kappa shape index (κ1) is 24.3. The van der Waals surface area contributed by atoms with E-state index in [1.807, 2.05) is 25.1 Å². The minimum absolute atomic E-state index is 0.0189. The maximum absolute atomic E-state index is 13.4. The number of nitrogens with zero attached hydrogens (tertiary/aromatic N) is 2. The zero-order valence-corrected chi connectivity index (χ0v) is 21.2. The Balaban J connectivity index is 1.67. The van der Waals surface area contributed by atoms with Crippen molar-refractivity contribution in [2.45, 2.75) is 13.0 Å². The number of ether oxygens (including phenoxy) is 3. The number of carbonyl (C=O) groups is 2. The van der Waals surface area contributed by atoms with Crippen molar-refractivity contribution in [3.8, 4) is 17.2 Å². The largest absolute Gasteiger partial charge is 0.507 e. The van der Waals surface area contributed by atoms with E-state index in [-0.39, 0.29) is 11.3 Å². The molecular weight excluding hydrogens is 492 g/mol. The second-order valence-electron chi connectivity index (χ2n) is 8.23. The lowest BCUT2D eigenvalue weighted by molar-refractivity contribution is -0.132. The zero-order chi connectivity index (χ0) is 26.1. The van der Waals surface area contributed by atoms with Crippen LogP contribution in [-0.2, 0) is 9.59 Å². The molecule has 0 bridgehead atoms. The standard InChI is InChI=1S/C28H24N2O6S/c1-4-36-20-13-14-21-22(15-20)37-28(29-21)30-24(16-5-9-18(34-2)10-6-16)23(26(32)27(30)33)25(31)17-7-11-19(35-3)12-8-17/h5-15,24,31H,4H2,1-3H3/b25-23+. The van der Waals surface area contributed by atoms with Crippen LogP contribution in [0.15, 0.2) is 72.3 Å². The van der Waals surface area contributed by atoms with Crippen molar-refractivity contribution >= 4 is 44.1 Å². The average Bonchev–Trinajstić information content (AvgIpc) is 3.46. The summed E-state index contributed by atoms with van der Waals surface area (Å²) in [6.07, 6.45) is 0. The molecule has 2 heterocycles. The van der Waals surface area contributed by atoms with Crippen molar-refractivity contribution in [1.82, 2.24) is 4.98 Å². The number of ketones is 1. The number of hydrogen-bond acceptors (Lipinski definition) is 8. The molecule has 0 radical (unpaired) electrons. The number of aromatic nitrogens is 1. The molecule has 4 aromatic rings. The van der Waals surface area contributed by atoms with E-state index in [9.17, 15) is 14.7 Å². The number of hydrogen-bond donors (Lipinski definition) is 1. The highest BCUT2D eigenvalue weighted by Crippen LogP contribution is 2.45. The third kappa shape index (κ3) is 4.38. The summed E-state index contributed by atoms with van der Waals surface area (Å²) in [6.45, 7) is 2.42. The molecule has 1 fully saturated rings. The summed E-state index contributed by atoms with van der Waals surface area (Å²) in [6, 6.07) is 18.3. The number of fused-ring (bicyclic) bond motifs is 1. The van der Waals surface area contributed by atoms with Crippen molar-refractivity contribution in [2.24, 2.45) is 0 Å². The van der Waals surface area contributed by atoms with Gasteiger partial charge in [0.2, 0.25) is 0 Å². The first-order chi connectivity index (χ1) is 17.9. The highest BCUT2D eigenvalue weighted by atomic mass is 32.1. The van der Waals surface area contributed by atoms with E-state index in [1.54, 1.807) is 62.8 Å². The lowest BCUT2D eigenvalue weighted by Gasteiger charge is -2.23. The molecule has 9 heteroatoms. The molecule has 1 aliphatic heterocycles. The van der Waals surface area contributed by atoms with E-state index >= 15 is 0 Å². The van der Waals surface area contributed by atoms with Gasteiger partial charge in [0.1, 0.15) is 23.0 Å². The second-order valence-corrected chi connectivity index (χ2v) is 9.24. The second kappa shape index (κ2) is 9.94. The summed E-state index contributed by atoms with van der Waals surface area (Å²) in [7, 11) is 3.10. The molecule has 1 amide bonds. The molecule has 37 heavy (non-hydrogen) atoms. The third-order valence-corrected chi connectivity index (χ3v) is 7.12. The Morgan fingerprint density at radius 1 is 0.946 bits per heavy atom. The van der Waals surface area contributed by atoms with Crippen LogP contribution in [0.25, 0.3) is 16.0 Å². The molecule has 1 atom stereocenters. The SMILES string of the molecule is CCOc1ccc2nc(N3C(=O)C(=O)/C(=C(/O)c4ccc(OC)cc4)C3c3ccc(OC)cc3)sc2c1. The molecule has 0 aliphatic carbocycles. The van der Waals surface area contributed by atoms with Gasteiger partial charge in [-0.2, -0.15) is 0 Å². The highest BCUT2D eigenvalue weighted by Gasteiger charge is 2.48. The number of aliphatic hydroxyl groups excluding tert-OH is 1. The van der Waals surface area contributed by atoms with E-state index in [0.717, 1.165) is 4.70 Å². The number of Topliss-reactive ketones (excluding diaryl/α,β-unsaturated/α-hetero) is 1. The smallest absolute Gasteiger partial charge is 0.301 e. The summed E-state index contributed by atoms with van der Waals surface area (Å²) in [4.78, 5) is 32.8. The van der Waals surface area contributed by atoms with E-state index in [1.165, 1.54) is 16.2 Å². The van der Waals surface area contributed by atoms with Crippen molar-refractivity contribution in [3.63, 3.8) is 0 Å². The predicted octanol–water partition coefficient (Wildman–Crippen LogP) is 5.34. The Morgan fingerprint density at radius 3 is 2.19 bits per heavy atom. The topological polar surface area (TPSA) is 98.2 Å². The average molecular weight is 517 g/mol. The summed E-state index contributed by atoms with van der Waals surface area (Å²) in [5, 5.41) is 11.6. The summed E-state index contributed by atoms with van der Waals surface area (Å²) in [5.74, 6) is 0.0924. The number of amides is 1. The quantitative estimate of drug-likeness (QED) is 0.201. The monoisotopic (exact) mass is 516 g/mol. The first-order valence-electron chi connectivity index (χ1n) is 11.6. The minimum atomic E-state index is -0.889. The van der Waals surface area contributed by atoms with Gasteiger partial charge in [0, 0.05) is 5.56 Å². The molecule has 8 nitrogen and oxygen atoms in total. The number of aliphatic hydroxyl groups is 1. The lowest BCUT2D eigenvalue weighted by Crippen LogP contribution is -2.29. The Labute approximate surface area is 217 Å². The zero-order valence-electron chi connectivity index (χ0n) is 20.4. The maximum atomic E-state index is 13.4. The fourth-order valence-electron chi connectivity index (χ4n) is 4.29. The van der Waals surface area contributed by atoms with E-state index in [4.69, 9.17) is 14.2 Å². The molecule has 1 aliphatic rings. The molecular formula is C28H24N2O6S. The Hall–Kier alpha value is -4.37. The molecule has 3 aromatic carbocycles. The summed E-state index contributed by atoms with van der Waals surface area (Å²) < 4.78 is 16.9. The van der Waals surface area contributed by atoms with Crippen molar-refractivity contribution in [3.05, 3.63) is 83.4 Å². The minimum Gasteiger partial charge on any atom is -0.507 e. The molecule has 188 valence electrons. The normalized spacial score (nSPS) is 16.8. The van der Waals surface area contributed by atoms with E-state index in [0.29, 0.717) is 45.6 Å². The van der Waals surface area contributed by atoms with E-state index < -0.39 is 17.7 Å². The van der Waals surface area contributed by atoms with Crippen molar-refractivity contribution in [2.75, 3.05) is 25.7 Å². The van der Waals surface area contributed by atoms with Gasteiger partial charge in [-0.1, -0.05) is 23.5 Å². The maximum Gasteiger partial charge on any atom is 0.301 e. The van der Waals surface area contributed by atoms with Crippen LogP contribution in [0.3, 0.4) is 0 Å². The van der Waals surface area contributed by atoms with Crippen LogP contribution in [0.4, 0.5) is 5.13 Å². The van der Waals surface area contributed by atoms with Gasteiger partial charge in [-0.3, -0.25) is 14.5 Å². The van der Waals surface area contributed by atoms with Gasteiger partial charge in [0.15, 0.2) is 5.13 Å². The molecule has 1 saturated heterocycles. The number of carbonyl (C=O) groups excluding carboxylic acids is 2. The summed E-state index contributed by atoms with van der Waals surface area (Å²) in [5.41, 5.74) is 1.68. The third-order valence-electron chi connectivity index (χ3n) is 6.11. The van der Waals surface area contributed by atoms with Crippen LogP contribution in [0, 0.1) is 0 Å². The van der Waals surface area contributed by atoms with E-state index in [2.05, 4.69) is 4.98 Å². The Kier molecular flexibility index (Phi) is 6.54. The number of anilines is 1. The lowest BCUT2D eigenvalue weighted by atomic mass is 9.95. The van der Waals surface area contributed by atoms with Crippen LogP contribution < -0.4 is 19.1 Å². The number of thiazole rings is 1. The van der Waals surface area contributed by atoms with Gasteiger partial charge in [0.05, 0.1) is 42.7 Å². The van der Waals surface area contributed by atoms with Gasteiger partial charge in [-0.15, -0.1) is 0 Å². The number of benzene rings is 3. The first-order valence-corrected chi connectivity index (χ1v) is 12.4. The van der Waals surface area contributed by atoms with Crippen LogP contribution >= 0.6 is 11.3 Å². The van der Waals surface area contributed by atoms with Gasteiger partial charge >= 0.3 is 5.91 Å². The van der Waals surface area contributed by atoms with Gasteiger partial charge in [-0.05, 0) is 67.1 Å². The molecule has 1 unspecified atom stereocenters. The molecule has 0 spiro atoms. The predicted molar refractivity (Wildman–Crippen MR) is 142 cm³/mol.